The van der Waals surface area contributed by atoms with Crippen LogP contribution < -0.4 is 16.0 Å². The Bertz CT molecular complexity index is 790. The lowest BCUT2D eigenvalue weighted by Gasteiger charge is -2.21. The summed E-state index contributed by atoms with van der Waals surface area (Å²) in [5.41, 5.74) is 4.42. The van der Waals surface area contributed by atoms with Crippen molar-refractivity contribution in [2.45, 2.75) is 52.7 Å². The van der Waals surface area contributed by atoms with Crippen LogP contribution in [0.15, 0.2) is 35.0 Å². The van der Waals surface area contributed by atoms with Gasteiger partial charge in [0, 0.05) is 28.9 Å². The van der Waals surface area contributed by atoms with Gasteiger partial charge in [-0.1, -0.05) is 52.0 Å². The molecule has 1 aromatic carbocycles. The second-order valence-electron chi connectivity index (χ2n) is 7.63. The second kappa shape index (κ2) is 10.8. The fourth-order valence-electron chi connectivity index (χ4n) is 2.90. The Morgan fingerprint density at radius 2 is 1.86 bits per heavy atom. The third-order valence-corrected chi connectivity index (χ3v) is 5.08. The van der Waals surface area contributed by atoms with Gasteiger partial charge in [-0.25, -0.2) is 0 Å². The first kappa shape index (κ1) is 21.9. The summed E-state index contributed by atoms with van der Waals surface area (Å²) in [7, 11) is 0. The second-order valence-corrected chi connectivity index (χ2v) is 8.38. The molecule has 3 N–H and O–H groups in total. The molecule has 0 spiro atoms. The number of carbonyl (C=O) groups excluding carboxylic acids is 1. The van der Waals surface area contributed by atoms with E-state index in [1.807, 2.05) is 11.4 Å². The molecule has 1 amide bonds. The molecular formula is C22H30N4OS. The van der Waals surface area contributed by atoms with Gasteiger partial charge in [-0.15, -0.1) is 11.3 Å². The lowest BCUT2D eigenvalue weighted by atomic mass is 10.0. The number of amides is 1. The largest absolute Gasteiger partial charge is 0.372 e. The predicted octanol–water partition coefficient (Wildman–Crippen LogP) is 4.38. The normalized spacial score (nSPS) is 12.0. The highest BCUT2D eigenvalue weighted by atomic mass is 32.1. The highest BCUT2D eigenvalue weighted by Gasteiger charge is 2.21. The molecule has 2 aromatic rings. The van der Waals surface area contributed by atoms with E-state index in [0.29, 0.717) is 18.4 Å². The van der Waals surface area contributed by atoms with Gasteiger partial charge in [-0.05, 0) is 23.5 Å². The lowest BCUT2D eigenvalue weighted by Crippen LogP contribution is -2.40. The SMILES string of the molecule is CC(C)C[C@H](Nc1cscc1-c1ccc(CNC(C)C)cc1)C(=O)NCC#N. The van der Waals surface area contributed by atoms with Crippen LogP contribution >= 0.6 is 11.3 Å². The molecule has 0 bridgehead atoms. The molecule has 1 aromatic heterocycles. The molecule has 6 heteroatoms. The quantitative estimate of drug-likeness (QED) is 0.519. The molecule has 0 aliphatic heterocycles. The topological polar surface area (TPSA) is 76.9 Å². The van der Waals surface area contributed by atoms with E-state index in [2.05, 4.69) is 73.3 Å². The molecule has 1 atom stereocenters. The van der Waals surface area contributed by atoms with Crippen LogP contribution in [0.25, 0.3) is 11.1 Å². The molecule has 0 aliphatic carbocycles. The first-order valence-corrected chi connectivity index (χ1v) is 10.6. The van der Waals surface area contributed by atoms with Gasteiger partial charge in [0.05, 0.1) is 11.8 Å². The molecule has 150 valence electrons. The fourth-order valence-corrected chi connectivity index (χ4v) is 3.70. The Kier molecular flexibility index (Phi) is 8.49. The van der Waals surface area contributed by atoms with Crippen molar-refractivity contribution in [1.29, 1.82) is 5.26 Å². The van der Waals surface area contributed by atoms with Crippen LogP contribution in [-0.4, -0.2) is 24.5 Å². The maximum Gasteiger partial charge on any atom is 0.243 e. The Labute approximate surface area is 172 Å². The average Bonchev–Trinajstić information content (AvgIpc) is 3.12. The highest BCUT2D eigenvalue weighted by molar-refractivity contribution is 7.08. The van der Waals surface area contributed by atoms with Crippen molar-refractivity contribution in [3.8, 4) is 17.2 Å². The monoisotopic (exact) mass is 398 g/mol. The molecule has 0 unspecified atom stereocenters. The molecule has 2 rings (SSSR count). The van der Waals surface area contributed by atoms with Crippen molar-refractivity contribution in [2.75, 3.05) is 11.9 Å². The van der Waals surface area contributed by atoms with Gasteiger partial charge in [-0.3, -0.25) is 4.79 Å². The third kappa shape index (κ3) is 6.66. The van der Waals surface area contributed by atoms with E-state index in [-0.39, 0.29) is 18.5 Å². The summed E-state index contributed by atoms with van der Waals surface area (Å²) in [6, 6.07) is 10.6. The summed E-state index contributed by atoms with van der Waals surface area (Å²) in [5.74, 6) is 0.225. The number of benzene rings is 1. The van der Waals surface area contributed by atoms with Crippen molar-refractivity contribution in [1.82, 2.24) is 10.6 Å². The molecule has 28 heavy (non-hydrogen) atoms. The molecule has 0 radical (unpaired) electrons. The minimum atomic E-state index is -0.365. The molecule has 5 nitrogen and oxygen atoms in total. The van der Waals surface area contributed by atoms with Crippen LogP contribution in [0.3, 0.4) is 0 Å². The van der Waals surface area contributed by atoms with Gasteiger partial charge in [0.2, 0.25) is 5.91 Å². The van der Waals surface area contributed by atoms with Crippen LogP contribution in [0.2, 0.25) is 0 Å². The van der Waals surface area contributed by atoms with Crippen LogP contribution in [0.4, 0.5) is 5.69 Å². The summed E-state index contributed by atoms with van der Waals surface area (Å²) in [4.78, 5) is 12.5. The van der Waals surface area contributed by atoms with Crippen molar-refractivity contribution in [3.63, 3.8) is 0 Å². The number of nitrogens with one attached hydrogen (secondary N) is 3. The Morgan fingerprint density at radius 1 is 1.14 bits per heavy atom. The molecule has 0 fully saturated rings. The van der Waals surface area contributed by atoms with E-state index in [0.717, 1.165) is 23.4 Å². The van der Waals surface area contributed by atoms with Crippen LogP contribution in [0.5, 0.6) is 0 Å². The maximum atomic E-state index is 12.5. The van der Waals surface area contributed by atoms with Crippen LogP contribution in [0.1, 0.15) is 39.7 Å². The fraction of sp³-hybridized carbons (Fsp3) is 0.455. The average molecular weight is 399 g/mol. The van der Waals surface area contributed by atoms with Gasteiger partial charge in [0.15, 0.2) is 0 Å². The summed E-state index contributed by atoms with van der Waals surface area (Å²) in [6.07, 6.45) is 0.701. The van der Waals surface area contributed by atoms with Gasteiger partial charge in [0.25, 0.3) is 0 Å². The number of anilines is 1. The van der Waals surface area contributed by atoms with Crippen molar-refractivity contribution >= 4 is 22.9 Å². The number of rotatable bonds is 10. The predicted molar refractivity (Wildman–Crippen MR) is 117 cm³/mol. The summed E-state index contributed by atoms with van der Waals surface area (Å²) < 4.78 is 0. The Balaban J connectivity index is 2.14. The molecule has 1 heterocycles. The molecule has 0 saturated heterocycles. The number of hydrogen-bond donors (Lipinski definition) is 3. The van der Waals surface area contributed by atoms with E-state index >= 15 is 0 Å². The standard InChI is InChI=1S/C22H30N4OS/c1-15(2)11-20(22(27)24-10-9-23)26-21-14-28-13-19(21)18-7-5-17(6-8-18)12-25-16(3)4/h5-8,13-16,20,25-26H,10-12H2,1-4H3,(H,24,27)/t20-/m0/s1. The third-order valence-electron chi connectivity index (χ3n) is 4.34. The van der Waals surface area contributed by atoms with Crippen molar-refractivity contribution < 1.29 is 4.79 Å². The van der Waals surface area contributed by atoms with Gasteiger partial charge < -0.3 is 16.0 Å². The summed E-state index contributed by atoms with van der Waals surface area (Å²) in [6.45, 7) is 9.32. The zero-order chi connectivity index (χ0) is 20.5. The van der Waals surface area contributed by atoms with E-state index in [9.17, 15) is 4.79 Å². The van der Waals surface area contributed by atoms with Gasteiger partial charge in [-0.2, -0.15) is 5.26 Å². The van der Waals surface area contributed by atoms with Crippen molar-refractivity contribution in [2.24, 2.45) is 5.92 Å². The van der Waals surface area contributed by atoms with Crippen LogP contribution in [-0.2, 0) is 11.3 Å². The molecule has 0 saturated carbocycles. The van der Waals surface area contributed by atoms with E-state index in [1.54, 1.807) is 11.3 Å². The number of carbonyl (C=O) groups is 1. The molecule has 0 aliphatic rings. The summed E-state index contributed by atoms with van der Waals surface area (Å²) in [5, 5.41) is 22.4. The van der Waals surface area contributed by atoms with Crippen molar-refractivity contribution in [3.05, 3.63) is 40.6 Å². The Hall–Kier alpha value is -2.36. The maximum absolute atomic E-state index is 12.5. The number of nitriles is 1. The summed E-state index contributed by atoms with van der Waals surface area (Å²) >= 11 is 1.61. The highest BCUT2D eigenvalue weighted by Crippen LogP contribution is 2.33. The van der Waals surface area contributed by atoms with Crippen LogP contribution in [0, 0.1) is 17.2 Å². The van der Waals surface area contributed by atoms with Gasteiger partial charge in [0.1, 0.15) is 12.6 Å². The first-order chi connectivity index (χ1) is 13.4. The zero-order valence-electron chi connectivity index (χ0n) is 17.1. The van der Waals surface area contributed by atoms with Gasteiger partial charge >= 0.3 is 0 Å². The number of hydrogen-bond acceptors (Lipinski definition) is 5. The minimum Gasteiger partial charge on any atom is -0.372 e. The lowest BCUT2D eigenvalue weighted by molar-refractivity contribution is -0.121. The van der Waals surface area contributed by atoms with E-state index in [4.69, 9.17) is 5.26 Å². The minimum absolute atomic E-state index is 0.0253. The smallest absolute Gasteiger partial charge is 0.243 e. The van der Waals surface area contributed by atoms with E-state index < -0.39 is 0 Å². The Morgan fingerprint density at radius 3 is 2.46 bits per heavy atom. The van der Waals surface area contributed by atoms with E-state index in [1.165, 1.54) is 5.56 Å². The number of thiophene rings is 1. The number of nitrogens with zero attached hydrogens (tertiary/aromatic N) is 1. The molecular weight excluding hydrogens is 368 g/mol. The first-order valence-electron chi connectivity index (χ1n) is 9.70. The zero-order valence-corrected chi connectivity index (χ0v) is 17.9.